The topological polar surface area (TPSA) is 54.7 Å². The molecule has 1 aliphatic heterocycles. The van der Waals surface area contributed by atoms with Crippen molar-refractivity contribution in [1.82, 2.24) is 14.3 Å². The molecule has 1 amide bonds. The van der Waals surface area contributed by atoms with Crippen LogP contribution < -0.4 is 5.56 Å². The van der Waals surface area contributed by atoms with E-state index in [9.17, 15) is 9.59 Å². The van der Waals surface area contributed by atoms with E-state index in [1.54, 1.807) is 4.40 Å². The molecule has 2 aromatic heterocycles. The molecular weight excluding hydrogens is 346 g/mol. The van der Waals surface area contributed by atoms with E-state index in [1.165, 1.54) is 23.0 Å². The highest BCUT2D eigenvalue weighted by Gasteiger charge is 2.28. The van der Waals surface area contributed by atoms with Crippen LogP contribution in [0, 0.1) is 0 Å². The summed E-state index contributed by atoms with van der Waals surface area (Å²) in [7, 11) is 0. The number of likely N-dealkylation sites (tertiary alicyclic amines) is 1. The van der Waals surface area contributed by atoms with Crippen LogP contribution in [-0.2, 0) is 6.42 Å². The molecule has 3 heterocycles. The van der Waals surface area contributed by atoms with Gasteiger partial charge in [0.2, 0.25) is 0 Å². The van der Waals surface area contributed by atoms with Crippen molar-refractivity contribution in [2.24, 2.45) is 0 Å². The fraction of sp³-hybridized carbons (Fsp3) is 0.350. The molecule has 5 nitrogen and oxygen atoms in total. The zero-order valence-corrected chi connectivity index (χ0v) is 15.3. The first-order valence-electron chi connectivity index (χ1n) is 9.04. The van der Waals surface area contributed by atoms with Gasteiger partial charge in [-0.2, -0.15) is 4.98 Å². The summed E-state index contributed by atoms with van der Waals surface area (Å²) in [5, 5.41) is 1.85. The highest BCUT2D eigenvalue weighted by Crippen LogP contribution is 2.24. The van der Waals surface area contributed by atoms with Crippen molar-refractivity contribution in [2.75, 3.05) is 6.54 Å². The molecule has 0 N–H and O–H groups in total. The number of hydrogen-bond donors (Lipinski definition) is 0. The predicted molar refractivity (Wildman–Crippen MR) is 103 cm³/mol. The number of hydrogen-bond acceptors (Lipinski definition) is 4. The number of carbonyl (C=O) groups excluding carboxylic acids is 1. The van der Waals surface area contributed by atoms with Crippen molar-refractivity contribution in [3.8, 4) is 0 Å². The Labute approximate surface area is 155 Å². The maximum atomic E-state index is 13.2. The molecule has 134 valence electrons. The average Bonchev–Trinajstić information content (AvgIpc) is 3.14. The molecule has 6 heteroatoms. The number of amides is 1. The summed E-state index contributed by atoms with van der Waals surface area (Å²) in [4.78, 5) is 31.6. The van der Waals surface area contributed by atoms with E-state index in [4.69, 9.17) is 0 Å². The molecule has 1 aliphatic rings. The lowest BCUT2D eigenvalue weighted by Crippen LogP contribution is -2.44. The van der Waals surface area contributed by atoms with Gasteiger partial charge < -0.3 is 4.90 Å². The number of piperidine rings is 1. The molecule has 1 fully saturated rings. The summed E-state index contributed by atoms with van der Waals surface area (Å²) >= 11 is 1.37. The summed E-state index contributed by atoms with van der Waals surface area (Å²) in [5.74, 6) is -0.0596. The van der Waals surface area contributed by atoms with E-state index in [2.05, 4.69) is 29.2 Å². The second kappa shape index (κ2) is 7.41. The summed E-state index contributed by atoms with van der Waals surface area (Å²) in [6.07, 6.45) is 6.89. The maximum absolute atomic E-state index is 13.2. The Morgan fingerprint density at radius 1 is 1.23 bits per heavy atom. The van der Waals surface area contributed by atoms with Crippen LogP contribution in [0.15, 0.2) is 52.8 Å². The minimum atomic E-state index is -0.353. The van der Waals surface area contributed by atoms with Gasteiger partial charge in [0, 0.05) is 30.2 Å². The van der Waals surface area contributed by atoms with Crippen molar-refractivity contribution in [3.05, 3.63) is 69.6 Å². The summed E-state index contributed by atoms with van der Waals surface area (Å²) < 4.78 is 1.73. The first kappa shape index (κ1) is 17.0. The minimum Gasteiger partial charge on any atom is -0.334 e. The summed E-state index contributed by atoms with van der Waals surface area (Å²) in [6.45, 7) is 0.751. The Bertz CT molecular complexity index is 964. The third-order valence-corrected chi connectivity index (χ3v) is 5.79. The quantitative estimate of drug-likeness (QED) is 0.710. The van der Waals surface area contributed by atoms with Gasteiger partial charge in [-0.15, -0.1) is 11.3 Å². The molecule has 0 bridgehead atoms. The second-order valence-corrected chi connectivity index (χ2v) is 7.58. The van der Waals surface area contributed by atoms with Crippen LogP contribution >= 0.6 is 11.3 Å². The van der Waals surface area contributed by atoms with Crippen molar-refractivity contribution in [1.29, 1.82) is 0 Å². The van der Waals surface area contributed by atoms with Gasteiger partial charge in [0.1, 0.15) is 5.69 Å². The smallest absolute Gasteiger partial charge is 0.274 e. The van der Waals surface area contributed by atoms with Gasteiger partial charge in [-0.25, -0.2) is 0 Å². The van der Waals surface area contributed by atoms with Crippen LogP contribution in [0.4, 0.5) is 0 Å². The van der Waals surface area contributed by atoms with Gasteiger partial charge >= 0.3 is 0 Å². The lowest BCUT2D eigenvalue weighted by Gasteiger charge is -2.36. The lowest BCUT2D eigenvalue weighted by molar-refractivity contribution is 0.0594. The van der Waals surface area contributed by atoms with Gasteiger partial charge in [0.05, 0.1) is 0 Å². The van der Waals surface area contributed by atoms with E-state index in [-0.39, 0.29) is 17.5 Å². The van der Waals surface area contributed by atoms with Crippen LogP contribution in [0.5, 0.6) is 0 Å². The molecule has 1 atom stereocenters. The highest BCUT2D eigenvalue weighted by molar-refractivity contribution is 7.15. The van der Waals surface area contributed by atoms with E-state index < -0.39 is 0 Å². The second-order valence-electron chi connectivity index (χ2n) is 6.71. The number of aromatic nitrogens is 2. The van der Waals surface area contributed by atoms with Gasteiger partial charge in [-0.1, -0.05) is 30.3 Å². The Balaban J connectivity index is 1.58. The monoisotopic (exact) mass is 367 g/mol. The minimum absolute atomic E-state index is 0.0596. The number of rotatable bonds is 4. The third-order valence-electron chi connectivity index (χ3n) is 5.03. The molecule has 26 heavy (non-hydrogen) atoms. The first-order chi connectivity index (χ1) is 12.7. The van der Waals surface area contributed by atoms with Crippen molar-refractivity contribution in [3.63, 3.8) is 0 Å². The fourth-order valence-corrected chi connectivity index (χ4v) is 4.43. The molecule has 3 aromatic rings. The molecule has 0 aliphatic carbocycles. The molecule has 0 saturated carbocycles. The van der Waals surface area contributed by atoms with Crippen molar-refractivity contribution >= 4 is 22.2 Å². The van der Waals surface area contributed by atoms with E-state index in [1.807, 2.05) is 22.5 Å². The van der Waals surface area contributed by atoms with Crippen molar-refractivity contribution in [2.45, 2.75) is 38.1 Å². The van der Waals surface area contributed by atoms with E-state index in [0.717, 1.165) is 38.6 Å². The zero-order valence-electron chi connectivity index (χ0n) is 14.5. The predicted octanol–water partition coefficient (Wildman–Crippen LogP) is 3.38. The Morgan fingerprint density at radius 2 is 2.08 bits per heavy atom. The molecule has 1 saturated heterocycles. The summed E-state index contributed by atoms with van der Waals surface area (Å²) in [6, 6.07) is 12.0. The van der Waals surface area contributed by atoms with Crippen LogP contribution in [-0.4, -0.2) is 32.8 Å². The molecular formula is C20H21N3O2S. The van der Waals surface area contributed by atoms with Crippen LogP contribution in [0.3, 0.4) is 0 Å². The Kier molecular flexibility index (Phi) is 4.84. The summed E-state index contributed by atoms with van der Waals surface area (Å²) in [5.41, 5.74) is 1.37. The zero-order chi connectivity index (χ0) is 17.9. The maximum Gasteiger partial charge on any atom is 0.274 e. The van der Waals surface area contributed by atoms with Crippen LogP contribution in [0.1, 0.15) is 41.7 Å². The number of nitrogens with zero attached hydrogens (tertiary/aromatic N) is 3. The molecule has 0 unspecified atom stereocenters. The van der Waals surface area contributed by atoms with Crippen molar-refractivity contribution < 1.29 is 4.79 Å². The average molecular weight is 367 g/mol. The molecule has 0 radical (unpaired) electrons. The highest BCUT2D eigenvalue weighted by atomic mass is 32.1. The fourth-order valence-electron chi connectivity index (χ4n) is 3.71. The molecule has 4 rings (SSSR count). The first-order valence-corrected chi connectivity index (χ1v) is 9.92. The number of aryl methyl sites for hydroxylation is 1. The Morgan fingerprint density at radius 3 is 2.92 bits per heavy atom. The standard InChI is InChI=1S/C20H21N3O2S/c24-18-14-17(23-12-13-26-20(23)21-18)19(25)22-11-5-4-8-16(22)10-9-15-6-2-1-3-7-15/h1-3,6-7,12-14,16H,4-5,8-11H2/t16-/m1/s1. The van der Waals surface area contributed by atoms with Crippen LogP contribution in [0.25, 0.3) is 4.96 Å². The number of fused-ring (bicyclic) bond motifs is 1. The normalized spacial score (nSPS) is 17.5. The van der Waals surface area contributed by atoms with Gasteiger partial charge in [-0.3, -0.25) is 14.0 Å². The van der Waals surface area contributed by atoms with E-state index in [0.29, 0.717) is 10.7 Å². The largest absolute Gasteiger partial charge is 0.334 e. The SMILES string of the molecule is O=C(c1cc(=O)nc2sccn12)N1CCCC[C@@H]1CCc1ccccc1. The number of carbonyl (C=O) groups is 1. The van der Waals surface area contributed by atoms with Gasteiger partial charge in [0.15, 0.2) is 4.96 Å². The molecule has 0 spiro atoms. The van der Waals surface area contributed by atoms with E-state index >= 15 is 0 Å². The molecule has 1 aromatic carbocycles. The third kappa shape index (κ3) is 3.42. The van der Waals surface area contributed by atoms with Gasteiger partial charge in [0.25, 0.3) is 11.5 Å². The van der Waals surface area contributed by atoms with Crippen LogP contribution in [0.2, 0.25) is 0 Å². The number of benzene rings is 1. The lowest BCUT2D eigenvalue weighted by atomic mass is 9.95. The van der Waals surface area contributed by atoms with Gasteiger partial charge in [-0.05, 0) is 37.7 Å². The number of thiazole rings is 1. The Hall–Kier alpha value is -2.47.